The molecule has 2 N–H and O–H groups in total. The first-order valence-electron chi connectivity index (χ1n) is 7.90. The lowest BCUT2D eigenvalue weighted by molar-refractivity contribution is 0.0531. The van der Waals surface area contributed by atoms with Gasteiger partial charge >= 0.3 is 0 Å². The number of aromatic amines is 1. The first-order valence-corrected chi connectivity index (χ1v) is 7.90. The predicted octanol–water partition coefficient (Wildman–Crippen LogP) is 2.92. The van der Waals surface area contributed by atoms with E-state index in [1.807, 2.05) is 31.2 Å². The number of carbonyl (C=O) groups is 1. The minimum Gasteiger partial charge on any atom is -0.386 e. The fourth-order valence-corrected chi connectivity index (χ4v) is 3.69. The number of benzene rings is 1. The fourth-order valence-electron chi connectivity index (χ4n) is 3.69. The molecular weight excluding hydrogens is 290 g/mol. The largest absolute Gasteiger partial charge is 0.386 e. The van der Waals surface area contributed by atoms with Gasteiger partial charge in [0.05, 0.1) is 23.3 Å². The van der Waals surface area contributed by atoms with Crippen molar-refractivity contribution in [3.05, 3.63) is 53.2 Å². The van der Waals surface area contributed by atoms with E-state index in [-0.39, 0.29) is 5.91 Å². The molecule has 0 spiro atoms. The number of aryl methyl sites for hydroxylation is 2. The lowest BCUT2D eigenvalue weighted by Crippen LogP contribution is -2.33. The third-order valence-corrected chi connectivity index (χ3v) is 4.90. The van der Waals surface area contributed by atoms with E-state index in [1.54, 1.807) is 10.8 Å². The third-order valence-electron chi connectivity index (χ3n) is 4.90. The molecule has 0 saturated heterocycles. The average Bonchev–Trinajstić information content (AvgIpc) is 3.11. The van der Waals surface area contributed by atoms with Gasteiger partial charge in [-0.1, -0.05) is 18.2 Å². The smallest absolute Gasteiger partial charge is 0.237 e. The molecule has 1 aliphatic heterocycles. The topological polar surface area (TPSA) is 70.9 Å². The molecular formula is C18H19N3O2. The second kappa shape index (κ2) is 5.06. The molecule has 0 fully saturated rings. The molecule has 0 radical (unpaired) electrons. The Kier molecular flexibility index (Phi) is 3.13. The van der Waals surface area contributed by atoms with Crippen molar-refractivity contribution in [2.24, 2.45) is 5.92 Å². The van der Waals surface area contributed by atoms with Crippen molar-refractivity contribution in [2.75, 3.05) is 0 Å². The van der Waals surface area contributed by atoms with E-state index in [9.17, 15) is 9.90 Å². The van der Waals surface area contributed by atoms with Crippen molar-refractivity contribution in [3.63, 3.8) is 0 Å². The monoisotopic (exact) mass is 309 g/mol. The number of aromatic nitrogens is 3. The minimum atomic E-state index is -0.849. The van der Waals surface area contributed by atoms with E-state index in [0.29, 0.717) is 12.1 Å². The average molecular weight is 309 g/mol. The van der Waals surface area contributed by atoms with Crippen molar-refractivity contribution >= 4 is 16.8 Å². The zero-order valence-electron chi connectivity index (χ0n) is 13.2. The van der Waals surface area contributed by atoms with Crippen molar-refractivity contribution < 1.29 is 9.90 Å². The minimum absolute atomic E-state index is 0.0321. The summed E-state index contributed by atoms with van der Waals surface area (Å²) in [6, 6.07) is 7.96. The lowest BCUT2D eigenvalue weighted by atomic mass is 9.89. The third kappa shape index (κ3) is 2.04. The van der Waals surface area contributed by atoms with E-state index in [2.05, 4.69) is 16.9 Å². The fraction of sp³-hybridized carbons (Fsp3) is 0.333. The molecule has 2 atom stereocenters. The van der Waals surface area contributed by atoms with Gasteiger partial charge in [-0.15, -0.1) is 0 Å². The molecule has 3 heterocycles. The number of H-pyrrole nitrogens is 1. The van der Waals surface area contributed by atoms with E-state index >= 15 is 0 Å². The number of carbonyl (C=O) groups excluding carboxylic acids is 1. The summed E-state index contributed by atoms with van der Waals surface area (Å²) in [6.45, 7) is 3.90. The van der Waals surface area contributed by atoms with Gasteiger partial charge in [-0.3, -0.25) is 9.36 Å². The molecule has 0 bridgehead atoms. The summed E-state index contributed by atoms with van der Waals surface area (Å²) in [5.41, 5.74) is 3.78. The molecule has 2 unspecified atom stereocenters. The number of fused-ring (bicyclic) bond motifs is 3. The second-order valence-corrected chi connectivity index (χ2v) is 6.28. The maximum atomic E-state index is 13.0. The SMILES string of the molecule is Cc1ncc(C(O)C2CCc3c(C)c4ccccc4n3C2=O)[nH]1. The lowest BCUT2D eigenvalue weighted by Gasteiger charge is -2.27. The van der Waals surface area contributed by atoms with Gasteiger partial charge in [0.15, 0.2) is 0 Å². The Hall–Kier alpha value is -2.40. The highest BCUT2D eigenvalue weighted by atomic mass is 16.3. The summed E-state index contributed by atoms with van der Waals surface area (Å²) in [5, 5.41) is 11.7. The van der Waals surface area contributed by atoms with Crippen LogP contribution in [-0.2, 0) is 6.42 Å². The van der Waals surface area contributed by atoms with Gasteiger partial charge in [0, 0.05) is 11.1 Å². The highest BCUT2D eigenvalue weighted by Gasteiger charge is 2.36. The first-order chi connectivity index (χ1) is 11.1. The van der Waals surface area contributed by atoms with Crippen LogP contribution in [-0.4, -0.2) is 25.5 Å². The van der Waals surface area contributed by atoms with E-state index in [0.717, 1.165) is 28.8 Å². The molecule has 5 nitrogen and oxygen atoms in total. The van der Waals surface area contributed by atoms with Crippen molar-refractivity contribution in [1.29, 1.82) is 0 Å². The number of aliphatic hydroxyl groups is 1. The van der Waals surface area contributed by atoms with Crippen molar-refractivity contribution in [3.8, 4) is 0 Å². The van der Waals surface area contributed by atoms with Crippen LogP contribution in [0.25, 0.3) is 10.9 Å². The molecule has 5 heteroatoms. The van der Waals surface area contributed by atoms with Crippen LogP contribution >= 0.6 is 0 Å². The van der Waals surface area contributed by atoms with Gasteiger partial charge < -0.3 is 10.1 Å². The van der Waals surface area contributed by atoms with Crippen LogP contribution in [0.2, 0.25) is 0 Å². The van der Waals surface area contributed by atoms with Crippen LogP contribution in [0, 0.1) is 19.8 Å². The Morgan fingerprint density at radius 1 is 1.35 bits per heavy atom. The Bertz CT molecular complexity index is 906. The summed E-state index contributed by atoms with van der Waals surface area (Å²) in [4.78, 5) is 20.2. The van der Waals surface area contributed by atoms with E-state index in [4.69, 9.17) is 0 Å². The Morgan fingerprint density at radius 2 is 2.13 bits per heavy atom. The maximum Gasteiger partial charge on any atom is 0.237 e. The second-order valence-electron chi connectivity index (χ2n) is 6.28. The van der Waals surface area contributed by atoms with Crippen LogP contribution in [0.5, 0.6) is 0 Å². The zero-order valence-corrected chi connectivity index (χ0v) is 13.2. The summed E-state index contributed by atoms with van der Waals surface area (Å²) in [6.07, 6.45) is 2.20. The first kappa shape index (κ1) is 14.2. The summed E-state index contributed by atoms with van der Waals surface area (Å²) >= 11 is 0. The van der Waals surface area contributed by atoms with E-state index in [1.165, 1.54) is 5.56 Å². The van der Waals surface area contributed by atoms with Gasteiger partial charge in [-0.25, -0.2) is 4.98 Å². The molecule has 3 aromatic rings. The predicted molar refractivity (Wildman–Crippen MR) is 87.4 cm³/mol. The summed E-state index contributed by atoms with van der Waals surface area (Å²) in [5.74, 6) is 0.262. The van der Waals surface area contributed by atoms with Gasteiger partial charge in [-0.05, 0) is 38.3 Å². The molecule has 23 heavy (non-hydrogen) atoms. The van der Waals surface area contributed by atoms with Gasteiger partial charge in [0.1, 0.15) is 11.9 Å². The van der Waals surface area contributed by atoms with Gasteiger partial charge in [0.2, 0.25) is 5.91 Å². The molecule has 118 valence electrons. The maximum absolute atomic E-state index is 13.0. The number of hydrogen-bond acceptors (Lipinski definition) is 3. The van der Waals surface area contributed by atoms with E-state index < -0.39 is 12.0 Å². The molecule has 0 amide bonds. The van der Waals surface area contributed by atoms with Crippen molar-refractivity contribution in [2.45, 2.75) is 32.8 Å². The number of nitrogens with zero attached hydrogens (tertiary/aromatic N) is 2. The number of para-hydroxylation sites is 1. The summed E-state index contributed by atoms with van der Waals surface area (Å²) in [7, 11) is 0. The number of nitrogens with one attached hydrogen (secondary N) is 1. The number of imidazole rings is 1. The van der Waals surface area contributed by atoms with Crippen LogP contribution in [0.15, 0.2) is 30.5 Å². The van der Waals surface area contributed by atoms with Crippen LogP contribution in [0.4, 0.5) is 0 Å². The highest BCUT2D eigenvalue weighted by Crippen LogP contribution is 2.36. The van der Waals surface area contributed by atoms with Gasteiger partial charge in [0.25, 0.3) is 0 Å². The molecule has 2 aromatic heterocycles. The van der Waals surface area contributed by atoms with Gasteiger partial charge in [-0.2, -0.15) is 0 Å². The number of aliphatic hydroxyl groups excluding tert-OH is 1. The number of rotatable bonds is 2. The highest BCUT2D eigenvalue weighted by molar-refractivity contribution is 5.97. The Morgan fingerprint density at radius 3 is 2.87 bits per heavy atom. The normalized spacial score (nSPS) is 19.1. The summed E-state index contributed by atoms with van der Waals surface area (Å²) < 4.78 is 1.80. The molecule has 4 rings (SSSR count). The Labute approximate surface area is 134 Å². The quantitative estimate of drug-likeness (QED) is 0.764. The standard InChI is InChI=1S/C18H19N3O2/c1-10-12-5-3-4-6-16(12)21-15(10)8-7-13(18(21)23)17(22)14-9-19-11(2)20-14/h3-6,9,13,17,22H,7-8H2,1-2H3,(H,19,20). The number of hydrogen-bond donors (Lipinski definition) is 2. The molecule has 0 saturated carbocycles. The van der Waals surface area contributed by atoms with Crippen LogP contribution < -0.4 is 0 Å². The van der Waals surface area contributed by atoms with Crippen LogP contribution in [0.1, 0.15) is 40.1 Å². The Balaban J connectivity index is 1.79. The molecule has 1 aliphatic rings. The van der Waals surface area contributed by atoms with Crippen molar-refractivity contribution in [1.82, 2.24) is 14.5 Å². The molecule has 0 aliphatic carbocycles. The van der Waals surface area contributed by atoms with Crippen LogP contribution in [0.3, 0.4) is 0 Å². The zero-order chi connectivity index (χ0) is 16.1. The molecule has 1 aromatic carbocycles.